The summed E-state index contributed by atoms with van der Waals surface area (Å²) in [7, 11) is 2.88. The molecule has 0 radical (unpaired) electrons. The van der Waals surface area contributed by atoms with Gasteiger partial charge in [-0.05, 0) is 37.1 Å². The topological polar surface area (TPSA) is 55.8 Å². The van der Waals surface area contributed by atoms with Gasteiger partial charge in [0.05, 0.1) is 14.2 Å². The molecule has 5 heteroatoms. The number of methoxy groups -OCH3 is 2. The first-order valence-electron chi connectivity index (χ1n) is 7.19. The van der Waals surface area contributed by atoms with E-state index in [1.165, 1.54) is 18.1 Å². The van der Waals surface area contributed by atoms with Gasteiger partial charge in [-0.3, -0.25) is 4.79 Å². The normalized spacial score (nSPS) is 12.7. The zero-order valence-corrected chi connectivity index (χ0v) is 13.9. The average molecular weight is 317 g/mol. The molecule has 0 heterocycles. The Hall–Kier alpha value is -2.56. The summed E-state index contributed by atoms with van der Waals surface area (Å²) in [5.41, 5.74) is -0.290. The summed E-state index contributed by atoms with van der Waals surface area (Å²) < 4.78 is 10.0. The summed E-state index contributed by atoms with van der Waals surface area (Å²) in [6.07, 6.45) is 3.05. The van der Waals surface area contributed by atoms with Gasteiger partial charge in [-0.15, -0.1) is 6.58 Å². The predicted molar refractivity (Wildman–Crippen MR) is 89.0 cm³/mol. The number of hydrogen-bond donors (Lipinski definition) is 0. The lowest BCUT2D eigenvalue weighted by Gasteiger charge is -2.38. The van der Waals surface area contributed by atoms with Gasteiger partial charge in [-0.1, -0.05) is 24.8 Å². The molecule has 124 valence electrons. The molecule has 5 nitrogen and oxygen atoms in total. The zero-order chi connectivity index (χ0) is 17.5. The van der Waals surface area contributed by atoms with Crippen LogP contribution in [0.25, 0.3) is 0 Å². The molecule has 1 aromatic rings. The van der Waals surface area contributed by atoms with Crippen LogP contribution < -0.4 is 4.74 Å². The second kappa shape index (κ2) is 8.17. The number of carbonyl (C=O) groups excluding carboxylic acids is 2. The number of rotatable bonds is 8. The molecule has 0 aliphatic heterocycles. The third kappa shape index (κ3) is 4.22. The summed E-state index contributed by atoms with van der Waals surface area (Å²) >= 11 is 0. The van der Waals surface area contributed by atoms with E-state index in [2.05, 4.69) is 13.2 Å². The Morgan fingerprint density at radius 1 is 1.22 bits per heavy atom. The minimum atomic E-state index is -1.15. The number of benzene rings is 1. The number of nitrogens with zero attached hydrogens (tertiary/aromatic N) is 1. The highest BCUT2D eigenvalue weighted by molar-refractivity contribution is 5.93. The van der Waals surface area contributed by atoms with E-state index in [9.17, 15) is 9.59 Å². The standard InChI is InChI=1S/C18H23NO4/c1-6-12-18(3,17(21)23-5)19(16(20)7-2)13-14-8-10-15(22-4)11-9-14/h6-11H,1-2,12-13H2,3-5H3/t18-/m1/s1. The van der Waals surface area contributed by atoms with E-state index >= 15 is 0 Å². The van der Waals surface area contributed by atoms with E-state index in [0.717, 1.165) is 11.3 Å². The molecule has 0 aliphatic rings. The summed E-state index contributed by atoms with van der Waals surface area (Å²) in [6, 6.07) is 7.28. The van der Waals surface area contributed by atoms with E-state index in [0.29, 0.717) is 0 Å². The molecule has 1 rings (SSSR count). The van der Waals surface area contributed by atoms with Crippen LogP contribution in [0.3, 0.4) is 0 Å². The molecule has 0 unspecified atom stereocenters. The zero-order valence-electron chi connectivity index (χ0n) is 13.9. The second-order valence-electron chi connectivity index (χ2n) is 5.23. The monoisotopic (exact) mass is 317 g/mol. The van der Waals surface area contributed by atoms with Gasteiger partial charge in [0.1, 0.15) is 11.3 Å². The minimum Gasteiger partial charge on any atom is -0.497 e. The SMILES string of the molecule is C=CC[C@](C)(C(=O)OC)N(Cc1ccc(OC)cc1)C(=O)C=C. The lowest BCUT2D eigenvalue weighted by atomic mass is 9.94. The maximum absolute atomic E-state index is 12.3. The van der Waals surface area contributed by atoms with Crippen molar-refractivity contribution in [3.63, 3.8) is 0 Å². The van der Waals surface area contributed by atoms with Gasteiger partial charge < -0.3 is 14.4 Å². The third-order valence-corrected chi connectivity index (χ3v) is 3.70. The highest BCUT2D eigenvalue weighted by atomic mass is 16.5. The van der Waals surface area contributed by atoms with E-state index in [1.807, 2.05) is 12.1 Å². The quantitative estimate of drug-likeness (QED) is 0.420. The first-order chi connectivity index (χ1) is 10.9. The molecule has 0 saturated heterocycles. The van der Waals surface area contributed by atoms with Gasteiger partial charge in [0.25, 0.3) is 0 Å². The van der Waals surface area contributed by atoms with E-state index in [-0.39, 0.29) is 18.9 Å². The number of hydrogen-bond acceptors (Lipinski definition) is 4. The van der Waals surface area contributed by atoms with Gasteiger partial charge >= 0.3 is 5.97 Å². The Morgan fingerprint density at radius 3 is 2.26 bits per heavy atom. The van der Waals surface area contributed by atoms with Gasteiger partial charge in [-0.25, -0.2) is 4.79 Å². The highest BCUT2D eigenvalue weighted by Gasteiger charge is 2.41. The molecule has 0 spiro atoms. The van der Waals surface area contributed by atoms with Crippen LogP contribution in [0.5, 0.6) is 5.75 Å². The van der Waals surface area contributed by atoms with Crippen molar-refractivity contribution < 1.29 is 19.1 Å². The largest absolute Gasteiger partial charge is 0.497 e. The fourth-order valence-electron chi connectivity index (χ4n) is 2.32. The first-order valence-corrected chi connectivity index (χ1v) is 7.19. The first kappa shape index (κ1) is 18.5. The van der Waals surface area contributed by atoms with Crippen LogP contribution >= 0.6 is 0 Å². The van der Waals surface area contributed by atoms with Crippen LogP contribution in [-0.4, -0.2) is 36.5 Å². The Labute approximate surface area is 137 Å². The summed E-state index contributed by atoms with van der Waals surface area (Å²) in [4.78, 5) is 26.0. The fraction of sp³-hybridized carbons (Fsp3) is 0.333. The van der Waals surface area contributed by atoms with Crippen LogP contribution in [0.15, 0.2) is 49.6 Å². The van der Waals surface area contributed by atoms with Gasteiger partial charge in [0, 0.05) is 6.54 Å². The Balaban J connectivity index is 3.20. The average Bonchev–Trinajstić information content (AvgIpc) is 2.58. The van der Waals surface area contributed by atoms with Crippen molar-refractivity contribution in [2.75, 3.05) is 14.2 Å². The van der Waals surface area contributed by atoms with Crippen molar-refractivity contribution in [1.29, 1.82) is 0 Å². The maximum Gasteiger partial charge on any atom is 0.331 e. The molecule has 0 fully saturated rings. The van der Waals surface area contributed by atoms with Crippen molar-refractivity contribution in [3.8, 4) is 5.75 Å². The number of ether oxygens (including phenoxy) is 2. The van der Waals surface area contributed by atoms with Crippen LogP contribution in [0.4, 0.5) is 0 Å². The predicted octanol–water partition coefficient (Wildman–Crippen LogP) is 2.72. The third-order valence-electron chi connectivity index (χ3n) is 3.70. The summed E-state index contributed by atoms with van der Waals surface area (Å²) in [5.74, 6) is -0.131. The molecule has 1 atom stereocenters. The molecular formula is C18H23NO4. The van der Waals surface area contributed by atoms with Crippen LogP contribution in [-0.2, 0) is 20.9 Å². The smallest absolute Gasteiger partial charge is 0.331 e. The maximum atomic E-state index is 12.3. The molecule has 0 bridgehead atoms. The molecular weight excluding hydrogens is 294 g/mol. The molecule has 1 amide bonds. The van der Waals surface area contributed by atoms with E-state index < -0.39 is 11.5 Å². The molecule has 0 saturated carbocycles. The van der Waals surface area contributed by atoms with Gasteiger partial charge in [0.2, 0.25) is 5.91 Å². The molecule has 0 aliphatic carbocycles. The fourth-order valence-corrected chi connectivity index (χ4v) is 2.32. The molecule has 0 aromatic heterocycles. The lowest BCUT2D eigenvalue weighted by Crippen LogP contribution is -2.54. The molecule has 1 aromatic carbocycles. The Morgan fingerprint density at radius 2 is 1.83 bits per heavy atom. The Kier molecular flexibility index (Phi) is 6.57. The van der Waals surface area contributed by atoms with E-state index in [4.69, 9.17) is 9.47 Å². The van der Waals surface area contributed by atoms with Crippen molar-refractivity contribution in [1.82, 2.24) is 4.90 Å². The number of carbonyl (C=O) groups is 2. The second-order valence-corrected chi connectivity index (χ2v) is 5.23. The van der Waals surface area contributed by atoms with Crippen LogP contribution in [0.2, 0.25) is 0 Å². The van der Waals surface area contributed by atoms with Crippen molar-refractivity contribution in [2.45, 2.75) is 25.4 Å². The van der Waals surface area contributed by atoms with Crippen LogP contribution in [0, 0.1) is 0 Å². The number of esters is 1. The van der Waals surface area contributed by atoms with Gasteiger partial charge in [-0.2, -0.15) is 0 Å². The Bertz CT molecular complexity index is 579. The summed E-state index contributed by atoms with van der Waals surface area (Å²) in [6.45, 7) is 9.09. The number of amides is 1. The summed E-state index contributed by atoms with van der Waals surface area (Å²) in [5, 5.41) is 0. The van der Waals surface area contributed by atoms with E-state index in [1.54, 1.807) is 32.2 Å². The minimum absolute atomic E-state index is 0.244. The lowest BCUT2D eigenvalue weighted by molar-refractivity contribution is -0.159. The molecule has 0 N–H and O–H groups in total. The van der Waals surface area contributed by atoms with Crippen molar-refractivity contribution in [3.05, 3.63) is 55.1 Å². The van der Waals surface area contributed by atoms with Crippen molar-refractivity contribution in [2.24, 2.45) is 0 Å². The van der Waals surface area contributed by atoms with Gasteiger partial charge in [0.15, 0.2) is 0 Å². The highest BCUT2D eigenvalue weighted by Crippen LogP contribution is 2.25. The molecule has 23 heavy (non-hydrogen) atoms. The van der Waals surface area contributed by atoms with Crippen molar-refractivity contribution >= 4 is 11.9 Å². The van der Waals surface area contributed by atoms with Crippen LogP contribution in [0.1, 0.15) is 18.9 Å².